The predicted molar refractivity (Wildman–Crippen MR) is 117 cm³/mol. The number of imide groups is 1. The number of nitrogens with one attached hydrogen (secondary N) is 2. The van der Waals surface area contributed by atoms with E-state index in [2.05, 4.69) is 10.6 Å². The van der Waals surface area contributed by atoms with Gasteiger partial charge in [-0.3, -0.25) is 19.7 Å². The number of nitrogen functional groups attached to an aromatic ring is 1. The van der Waals surface area contributed by atoms with Crippen LogP contribution in [-0.2, 0) is 35.5 Å². The molecule has 0 saturated carbocycles. The third-order valence-corrected chi connectivity index (χ3v) is 6.68. The van der Waals surface area contributed by atoms with E-state index in [0.717, 1.165) is 48.2 Å². The number of benzene rings is 2. The van der Waals surface area contributed by atoms with E-state index in [1.807, 2.05) is 30.3 Å². The maximum absolute atomic E-state index is 13.2. The largest absolute Gasteiger partial charge is 0.398 e. The summed E-state index contributed by atoms with van der Waals surface area (Å²) in [6.45, 7) is 0.917. The van der Waals surface area contributed by atoms with Gasteiger partial charge in [0.2, 0.25) is 11.8 Å². The number of carbonyl (C=O) groups is 3. The number of fused-ring (bicyclic) bond motifs is 2. The average molecular weight is 418 g/mol. The fourth-order valence-electron chi connectivity index (χ4n) is 5.09. The van der Waals surface area contributed by atoms with Crippen LogP contribution < -0.4 is 16.4 Å². The summed E-state index contributed by atoms with van der Waals surface area (Å²) < 4.78 is 0. The van der Waals surface area contributed by atoms with Crippen LogP contribution in [0.25, 0.3) is 0 Å². The molecule has 3 aliphatic rings. The van der Waals surface area contributed by atoms with Gasteiger partial charge >= 0.3 is 0 Å². The lowest BCUT2D eigenvalue weighted by Gasteiger charge is -2.29. The molecule has 5 rings (SSSR count). The van der Waals surface area contributed by atoms with Gasteiger partial charge in [0, 0.05) is 36.4 Å². The SMILES string of the molecule is Nc1ccc(NCc2cccc3c2C(=O)N(C2CCC(=O)NC2=O)C3)c2c1CCCC2. The minimum absolute atomic E-state index is 0.138. The first-order chi connectivity index (χ1) is 15.0. The molecule has 3 amide bonds. The molecule has 7 nitrogen and oxygen atoms in total. The third-order valence-electron chi connectivity index (χ3n) is 6.68. The summed E-state index contributed by atoms with van der Waals surface area (Å²) >= 11 is 0. The molecule has 160 valence electrons. The topological polar surface area (TPSA) is 105 Å². The van der Waals surface area contributed by atoms with Crippen LogP contribution in [-0.4, -0.2) is 28.7 Å². The number of piperidine rings is 1. The molecule has 1 atom stereocenters. The van der Waals surface area contributed by atoms with Crippen molar-refractivity contribution in [2.45, 2.75) is 57.7 Å². The van der Waals surface area contributed by atoms with Gasteiger partial charge in [0.15, 0.2) is 0 Å². The van der Waals surface area contributed by atoms with Crippen molar-refractivity contribution in [3.05, 3.63) is 58.1 Å². The van der Waals surface area contributed by atoms with Crippen molar-refractivity contribution < 1.29 is 14.4 Å². The van der Waals surface area contributed by atoms with Crippen LogP contribution in [0, 0.1) is 0 Å². The maximum Gasteiger partial charge on any atom is 0.255 e. The Morgan fingerprint density at radius 2 is 1.84 bits per heavy atom. The summed E-state index contributed by atoms with van der Waals surface area (Å²) in [5, 5.41) is 5.88. The highest BCUT2D eigenvalue weighted by Gasteiger charge is 2.39. The number of nitrogens with two attached hydrogens (primary N) is 1. The van der Waals surface area contributed by atoms with E-state index >= 15 is 0 Å². The van der Waals surface area contributed by atoms with Crippen molar-refractivity contribution in [1.29, 1.82) is 0 Å². The molecule has 2 aliphatic heterocycles. The Hall–Kier alpha value is -3.35. The minimum atomic E-state index is -0.595. The Morgan fingerprint density at radius 3 is 2.65 bits per heavy atom. The predicted octanol–water partition coefficient (Wildman–Crippen LogP) is 2.52. The summed E-state index contributed by atoms with van der Waals surface area (Å²) in [6, 6.07) is 9.24. The maximum atomic E-state index is 13.2. The molecule has 0 bridgehead atoms. The molecule has 0 radical (unpaired) electrons. The van der Waals surface area contributed by atoms with Crippen LogP contribution in [0.5, 0.6) is 0 Å². The zero-order valence-electron chi connectivity index (χ0n) is 17.4. The van der Waals surface area contributed by atoms with Gasteiger partial charge in [0.25, 0.3) is 5.91 Å². The van der Waals surface area contributed by atoms with Crippen molar-refractivity contribution in [3.8, 4) is 0 Å². The summed E-state index contributed by atoms with van der Waals surface area (Å²) in [6.07, 6.45) is 4.97. The van der Waals surface area contributed by atoms with Crippen LogP contribution in [0.15, 0.2) is 30.3 Å². The fraction of sp³-hybridized carbons (Fsp3) is 0.375. The molecule has 1 fully saturated rings. The summed E-state index contributed by atoms with van der Waals surface area (Å²) in [5.41, 5.74) is 13.2. The highest BCUT2D eigenvalue weighted by molar-refractivity contribution is 6.06. The van der Waals surface area contributed by atoms with E-state index in [9.17, 15) is 14.4 Å². The highest BCUT2D eigenvalue weighted by atomic mass is 16.2. The lowest BCUT2D eigenvalue weighted by Crippen LogP contribution is -2.52. The normalized spacial score (nSPS) is 20.3. The fourth-order valence-corrected chi connectivity index (χ4v) is 5.09. The molecule has 2 aromatic carbocycles. The molecule has 4 N–H and O–H groups in total. The molecule has 1 aliphatic carbocycles. The van der Waals surface area contributed by atoms with Gasteiger partial charge in [0.1, 0.15) is 6.04 Å². The quantitative estimate of drug-likeness (QED) is 0.523. The van der Waals surface area contributed by atoms with Crippen LogP contribution in [0.2, 0.25) is 0 Å². The number of rotatable bonds is 4. The van der Waals surface area contributed by atoms with Gasteiger partial charge in [0.05, 0.1) is 0 Å². The Kier molecular flexibility index (Phi) is 4.88. The number of nitrogens with zero attached hydrogens (tertiary/aromatic N) is 1. The number of amides is 3. The van der Waals surface area contributed by atoms with Crippen molar-refractivity contribution in [2.75, 3.05) is 11.1 Å². The van der Waals surface area contributed by atoms with Gasteiger partial charge in [-0.2, -0.15) is 0 Å². The third kappa shape index (κ3) is 3.44. The van der Waals surface area contributed by atoms with Crippen molar-refractivity contribution in [2.24, 2.45) is 0 Å². The van der Waals surface area contributed by atoms with E-state index in [1.165, 1.54) is 11.1 Å². The molecule has 2 aromatic rings. The van der Waals surface area contributed by atoms with Gasteiger partial charge < -0.3 is 16.0 Å². The molecule has 0 aromatic heterocycles. The van der Waals surface area contributed by atoms with Gasteiger partial charge in [-0.1, -0.05) is 18.2 Å². The van der Waals surface area contributed by atoms with Crippen LogP contribution >= 0.6 is 0 Å². The van der Waals surface area contributed by atoms with Crippen LogP contribution in [0.3, 0.4) is 0 Å². The molecule has 7 heteroatoms. The van der Waals surface area contributed by atoms with Crippen molar-refractivity contribution >= 4 is 29.1 Å². The Morgan fingerprint density at radius 1 is 1.03 bits per heavy atom. The van der Waals surface area contributed by atoms with Crippen molar-refractivity contribution in [3.63, 3.8) is 0 Å². The summed E-state index contributed by atoms with van der Waals surface area (Å²) in [7, 11) is 0. The average Bonchev–Trinajstić information content (AvgIpc) is 3.10. The Balaban J connectivity index is 1.38. The number of hydrogen-bond acceptors (Lipinski definition) is 5. The molecule has 31 heavy (non-hydrogen) atoms. The lowest BCUT2D eigenvalue weighted by molar-refractivity contribution is -0.136. The van der Waals surface area contributed by atoms with Crippen LogP contribution in [0.1, 0.15) is 58.3 Å². The van der Waals surface area contributed by atoms with E-state index in [1.54, 1.807) is 4.90 Å². The second kappa shape index (κ2) is 7.72. The minimum Gasteiger partial charge on any atom is -0.398 e. The van der Waals surface area contributed by atoms with E-state index in [0.29, 0.717) is 25.1 Å². The molecular formula is C24H26N4O3. The monoisotopic (exact) mass is 418 g/mol. The summed E-state index contributed by atoms with van der Waals surface area (Å²) in [4.78, 5) is 38.6. The van der Waals surface area contributed by atoms with E-state index < -0.39 is 6.04 Å². The first-order valence-electron chi connectivity index (χ1n) is 10.9. The first-order valence-corrected chi connectivity index (χ1v) is 10.9. The van der Waals surface area contributed by atoms with Gasteiger partial charge in [-0.15, -0.1) is 0 Å². The Bertz CT molecular complexity index is 1090. The molecule has 2 heterocycles. The van der Waals surface area contributed by atoms with Crippen molar-refractivity contribution in [1.82, 2.24) is 10.2 Å². The van der Waals surface area contributed by atoms with E-state index in [-0.39, 0.29) is 24.1 Å². The zero-order chi connectivity index (χ0) is 21.5. The lowest BCUT2D eigenvalue weighted by atomic mass is 9.89. The smallest absolute Gasteiger partial charge is 0.255 e. The van der Waals surface area contributed by atoms with E-state index in [4.69, 9.17) is 5.73 Å². The second-order valence-corrected chi connectivity index (χ2v) is 8.57. The van der Waals surface area contributed by atoms with Gasteiger partial charge in [-0.25, -0.2) is 0 Å². The van der Waals surface area contributed by atoms with Crippen LogP contribution in [0.4, 0.5) is 11.4 Å². The molecule has 1 saturated heterocycles. The standard InChI is InChI=1S/C24H26N4O3/c25-18-8-9-19(17-7-2-1-6-16(17)18)26-12-14-4-3-5-15-13-28(24(31)22(14)15)20-10-11-21(29)27-23(20)30/h3-5,8-9,20,26H,1-2,6-7,10-13,25H2,(H,27,29,30). The summed E-state index contributed by atoms with van der Waals surface area (Å²) in [5.74, 6) is -0.797. The molecule has 1 unspecified atom stereocenters. The number of hydrogen-bond donors (Lipinski definition) is 3. The molecular weight excluding hydrogens is 392 g/mol. The second-order valence-electron chi connectivity index (χ2n) is 8.57. The Labute approximate surface area is 181 Å². The van der Waals surface area contributed by atoms with Gasteiger partial charge in [-0.05, 0) is 66.5 Å². The highest BCUT2D eigenvalue weighted by Crippen LogP contribution is 2.34. The molecule has 0 spiro atoms. The first kappa shape index (κ1) is 19.6. The number of carbonyl (C=O) groups excluding carboxylic acids is 3. The zero-order valence-corrected chi connectivity index (χ0v) is 17.4. The number of anilines is 2.